The standard InChI is InChI=1S/C10H10N4O5/c1-5(11-6(2)15)10-12-9(13-19-10)7-3-4-8(18-7)14(16)17/h3-5H,1-2H3,(H,11,15). The molecule has 2 heterocycles. The van der Waals surface area contributed by atoms with Gasteiger partial charge in [-0.2, -0.15) is 4.98 Å². The van der Waals surface area contributed by atoms with Gasteiger partial charge in [0.05, 0.1) is 6.07 Å². The van der Waals surface area contributed by atoms with Crippen LogP contribution in [0.5, 0.6) is 0 Å². The quantitative estimate of drug-likeness (QED) is 0.655. The number of rotatable bonds is 4. The SMILES string of the molecule is CC(=O)NC(C)c1nc(-c2ccc([N+](=O)[O-])o2)no1. The first-order valence-corrected chi connectivity index (χ1v) is 5.32. The van der Waals surface area contributed by atoms with E-state index in [9.17, 15) is 14.9 Å². The van der Waals surface area contributed by atoms with Crippen LogP contribution in [0.2, 0.25) is 0 Å². The van der Waals surface area contributed by atoms with Gasteiger partial charge in [-0.1, -0.05) is 5.16 Å². The van der Waals surface area contributed by atoms with Gasteiger partial charge in [0.25, 0.3) is 0 Å². The zero-order valence-electron chi connectivity index (χ0n) is 10.1. The average molecular weight is 266 g/mol. The molecule has 2 aromatic heterocycles. The highest BCUT2D eigenvalue weighted by atomic mass is 16.6. The molecule has 0 saturated carbocycles. The molecule has 0 radical (unpaired) electrons. The minimum Gasteiger partial charge on any atom is -0.397 e. The molecule has 19 heavy (non-hydrogen) atoms. The minimum absolute atomic E-state index is 0.0836. The van der Waals surface area contributed by atoms with E-state index >= 15 is 0 Å². The Bertz CT molecular complexity index is 617. The molecule has 1 unspecified atom stereocenters. The molecular weight excluding hydrogens is 256 g/mol. The topological polar surface area (TPSA) is 124 Å². The van der Waals surface area contributed by atoms with Crippen LogP contribution in [0, 0.1) is 10.1 Å². The molecule has 0 aromatic carbocycles. The Balaban J connectivity index is 2.20. The van der Waals surface area contributed by atoms with E-state index in [0.717, 1.165) is 0 Å². The fraction of sp³-hybridized carbons (Fsp3) is 0.300. The first-order valence-electron chi connectivity index (χ1n) is 5.32. The van der Waals surface area contributed by atoms with Gasteiger partial charge < -0.3 is 14.3 Å². The average Bonchev–Trinajstić information content (AvgIpc) is 2.97. The number of hydrogen-bond acceptors (Lipinski definition) is 7. The number of nitrogens with one attached hydrogen (secondary N) is 1. The molecule has 0 aliphatic carbocycles. The van der Waals surface area contributed by atoms with Gasteiger partial charge in [-0.15, -0.1) is 0 Å². The van der Waals surface area contributed by atoms with Gasteiger partial charge in [0.1, 0.15) is 11.0 Å². The second-order valence-corrected chi connectivity index (χ2v) is 3.77. The normalized spacial score (nSPS) is 12.1. The Morgan fingerprint density at radius 1 is 1.53 bits per heavy atom. The highest BCUT2D eigenvalue weighted by Gasteiger charge is 2.20. The summed E-state index contributed by atoms with van der Waals surface area (Å²) in [5, 5.41) is 16.7. The lowest BCUT2D eigenvalue weighted by Gasteiger charge is -2.05. The zero-order chi connectivity index (χ0) is 14.0. The Labute approximate surface area is 106 Å². The van der Waals surface area contributed by atoms with Crippen molar-refractivity contribution in [1.82, 2.24) is 15.5 Å². The second kappa shape index (κ2) is 4.88. The summed E-state index contributed by atoms with van der Waals surface area (Å²) in [6, 6.07) is 2.11. The van der Waals surface area contributed by atoms with E-state index in [1.54, 1.807) is 6.92 Å². The van der Waals surface area contributed by atoms with Crippen molar-refractivity contribution in [2.45, 2.75) is 19.9 Å². The van der Waals surface area contributed by atoms with Crippen molar-refractivity contribution < 1.29 is 18.7 Å². The van der Waals surface area contributed by atoms with E-state index in [-0.39, 0.29) is 23.4 Å². The van der Waals surface area contributed by atoms with Gasteiger partial charge in [-0.25, -0.2) is 0 Å². The summed E-state index contributed by atoms with van der Waals surface area (Å²) >= 11 is 0. The van der Waals surface area contributed by atoms with Gasteiger partial charge >= 0.3 is 5.88 Å². The van der Waals surface area contributed by atoms with Crippen LogP contribution >= 0.6 is 0 Å². The maximum Gasteiger partial charge on any atom is 0.433 e. The molecule has 1 atom stereocenters. The highest BCUT2D eigenvalue weighted by molar-refractivity contribution is 5.73. The summed E-state index contributed by atoms with van der Waals surface area (Å²) < 4.78 is 9.88. The molecule has 0 bridgehead atoms. The Kier molecular flexibility index (Phi) is 3.27. The molecular formula is C10H10N4O5. The van der Waals surface area contributed by atoms with Crippen molar-refractivity contribution in [3.63, 3.8) is 0 Å². The van der Waals surface area contributed by atoms with Crippen LogP contribution < -0.4 is 5.32 Å². The Morgan fingerprint density at radius 3 is 2.84 bits per heavy atom. The van der Waals surface area contributed by atoms with Crippen LogP contribution in [-0.4, -0.2) is 21.0 Å². The van der Waals surface area contributed by atoms with E-state index in [1.165, 1.54) is 19.1 Å². The maximum atomic E-state index is 10.9. The number of amides is 1. The van der Waals surface area contributed by atoms with Crippen LogP contribution in [0.4, 0.5) is 5.88 Å². The lowest BCUT2D eigenvalue weighted by molar-refractivity contribution is -0.401. The predicted octanol–water partition coefficient (Wildman–Crippen LogP) is 1.43. The Morgan fingerprint density at radius 2 is 2.26 bits per heavy atom. The molecule has 1 amide bonds. The predicted molar refractivity (Wildman–Crippen MR) is 60.9 cm³/mol. The van der Waals surface area contributed by atoms with E-state index in [1.807, 2.05) is 0 Å². The van der Waals surface area contributed by atoms with Gasteiger partial charge in [0.15, 0.2) is 5.76 Å². The summed E-state index contributed by atoms with van der Waals surface area (Å²) in [4.78, 5) is 24.7. The molecule has 0 saturated heterocycles. The van der Waals surface area contributed by atoms with Crippen LogP contribution in [-0.2, 0) is 4.79 Å². The van der Waals surface area contributed by atoms with Gasteiger partial charge in [-0.3, -0.25) is 14.9 Å². The van der Waals surface area contributed by atoms with Crippen LogP contribution in [0.15, 0.2) is 21.1 Å². The number of aromatic nitrogens is 2. The van der Waals surface area contributed by atoms with Crippen molar-refractivity contribution in [3.8, 4) is 11.6 Å². The third-order valence-electron chi connectivity index (χ3n) is 2.22. The number of carbonyl (C=O) groups excluding carboxylic acids is 1. The lowest BCUT2D eigenvalue weighted by Crippen LogP contribution is -2.23. The fourth-order valence-electron chi connectivity index (χ4n) is 1.42. The van der Waals surface area contributed by atoms with Gasteiger partial charge in [0.2, 0.25) is 17.6 Å². The summed E-state index contributed by atoms with van der Waals surface area (Å²) in [5.74, 6) is -0.251. The Hall–Kier alpha value is -2.71. The molecule has 9 nitrogen and oxygen atoms in total. The summed E-state index contributed by atoms with van der Waals surface area (Å²) in [6.07, 6.45) is 0. The first-order chi connectivity index (χ1) is 8.97. The van der Waals surface area contributed by atoms with E-state index in [4.69, 9.17) is 8.94 Å². The molecule has 0 spiro atoms. The number of hydrogen-bond donors (Lipinski definition) is 1. The number of nitrogens with zero attached hydrogens (tertiary/aromatic N) is 3. The molecule has 1 N–H and O–H groups in total. The van der Waals surface area contributed by atoms with E-state index in [0.29, 0.717) is 0 Å². The molecule has 2 aromatic rings. The summed E-state index contributed by atoms with van der Waals surface area (Å²) in [5.41, 5.74) is 0. The number of furan rings is 1. The number of nitro groups is 1. The van der Waals surface area contributed by atoms with Crippen LogP contribution in [0.25, 0.3) is 11.6 Å². The first kappa shape index (κ1) is 12.7. The van der Waals surface area contributed by atoms with Gasteiger partial charge in [-0.05, 0) is 13.0 Å². The van der Waals surface area contributed by atoms with Crippen molar-refractivity contribution in [3.05, 3.63) is 28.1 Å². The van der Waals surface area contributed by atoms with Crippen molar-refractivity contribution in [2.75, 3.05) is 0 Å². The molecule has 0 fully saturated rings. The smallest absolute Gasteiger partial charge is 0.397 e. The summed E-state index contributed by atoms with van der Waals surface area (Å²) in [6.45, 7) is 3.03. The van der Waals surface area contributed by atoms with Gasteiger partial charge in [0, 0.05) is 6.92 Å². The minimum atomic E-state index is -0.662. The third-order valence-corrected chi connectivity index (χ3v) is 2.22. The summed E-state index contributed by atoms with van der Waals surface area (Å²) in [7, 11) is 0. The van der Waals surface area contributed by atoms with Crippen LogP contribution in [0.3, 0.4) is 0 Å². The molecule has 0 aliphatic heterocycles. The maximum absolute atomic E-state index is 10.9. The zero-order valence-corrected chi connectivity index (χ0v) is 10.1. The number of carbonyl (C=O) groups is 1. The largest absolute Gasteiger partial charge is 0.433 e. The second-order valence-electron chi connectivity index (χ2n) is 3.77. The van der Waals surface area contributed by atoms with E-state index < -0.39 is 16.8 Å². The van der Waals surface area contributed by atoms with E-state index in [2.05, 4.69) is 15.5 Å². The molecule has 100 valence electrons. The molecule has 0 aliphatic rings. The lowest BCUT2D eigenvalue weighted by atomic mass is 10.3. The monoisotopic (exact) mass is 266 g/mol. The highest BCUT2D eigenvalue weighted by Crippen LogP contribution is 2.24. The van der Waals surface area contributed by atoms with Crippen molar-refractivity contribution in [2.24, 2.45) is 0 Å². The molecule has 9 heteroatoms. The van der Waals surface area contributed by atoms with Crippen LogP contribution in [0.1, 0.15) is 25.8 Å². The third kappa shape index (κ3) is 2.76. The fourth-order valence-corrected chi connectivity index (χ4v) is 1.42. The van der Waals surface area contributed by atoms with Crippen molar-refractivity contribution in [1.29, 1.82) is 0 Å². The molecule has 2 rings (SSSR count). The van der Waals surface area contributed by atoms with Crippen molar-refractivity contribution >= 4 is 11.8 Å².